The monoisotopic (exact) mass is 319 g/mol. The number of hydrogen-bond acceptors (Lipinski definition) is 4. The van der Waals surface area contributed by atoms with Crippen LogP contribution in [0.4, 0.5) is 0 Å². The molecule has 0 aromatic heterocycles. The van der Waals surface area contributed by atoms with E-state index in [1.54, 1.807) is 7.11 Å². The molecule has 4 nitrogen and oxygen atoms in total. The largest absolute Gasteiger partial charge is 0.496 e. The van der Waals surface area contributed by atoms with Crippen LogP contribution < -0.4 is 4.74 Å². The number of nitrogens with zero attached hydrogens (tertiary/aromatic N) is 1. The fourth-order valence-electron chi connectivity index (χ4n) is 2.35. The van der Waals surface area contributed by atoms with E-state index in [0.29, 0.717) is 12.5 Å². The molecule has 4 heteroatoms. The Hall–Kier alpha value is -1.54. The van der Waals surface area contributed by atoms with Crippen molar-refractivity contribution >= 4 is 0 Å². The summed E-state index contributed by atoms with van der Waals surface area (Å²) in [5.74, 6) is 3.90. The van der Waals surface area contributed by atoms with E-state index in [9.17, 15) is 5.11 Å². The zero-order valence-corrected chi connectivity index (χ0v) is 14.5. The summed E-state index contributed by atoms with van der Waals surface area (Å²) in [5.41, 5.74) is 1.12. The molecule has 0 bridgehead atoms. The molecule has 128 valence electrons. The van der Waals surface area contributed by atoms with Gasteiger partial charge < -0.3 is 14.6 Å². The summed E-state index contributed by atoms with van der Waals surface area (Å²) in [4.78, 5) is 2.24. The lowest BCUT2D eigenvalue weighted by Crippen LogP contribution is -2.35. The molecule has 0 saturated carbocycles. The fourth-order valence-corrected chi connectivity index (χ4v) is 2.35. The van der Waals surface area contributed by atoms with Crippen LogP contribution in [0.2, 0.25) is 0 Å². The topological polar surface area (TPSA) is 41.9 Å². The average molecular weight is 319 g/mol. The molecule has 0 radical (unpaired) electrons. The quantitative estimate of drug-likeness (QED) is 0.503. The van der Waals surface area contributed by atoms with Gasteiger partial charge in [-0.05, 0) is 24.9 Å². The van der Waals surface area contributed by atoms with E-state index in [-0.39, 0.29) is 13.2 Å². The third-order valence-corrected chi connectivity index (χ3v) is 3.57. The summed E-state index contributed by atoms with van der Waals surface area (Å²) in [6, 6.07) is 7.99. The van der Waals surface area contributed by atoms with Crippen molar-refractivity contribution in [1.29, 1.82) is 0 Å². The smallest absolute Gasteiger partial charge is 0.123 e. The van der Waals surface area contributed by atoms with Crippen LogP contribution in [0.3, 0.4) is 0 Å². The lowest BCUT2D eigenvalue weighted by atomic mass is 10.1. The summed E-state index contributed by atoms with van der Waals surface area (Å²) < 4.78 is 10.6. The summed E-state index contributed by atoms with van der Waals surface area (Å²) in [6.07, 6.45) is 5.68. The van der Waals surface area contributed by atoms with Gasteiger partial charge in [0.25, 0.3) is 0 Å². The first-order chi connectivity index (χ1) is 11.1. The Labute approximate surface area is 140 Å². The first-order valence-electron chi connectivity index (χ1n) is 8.10. The first-order valence-corrected chi connectivity index (χ1v) is 8.10. The van der Waals surface area contributed by atoms with E-state index >= 15 is 0 Å². The Balaban J connectivity index is 2.66. The molecule has 0 aliphatic rings. The van der Waals surface area contributed by atoms with Crippen molar-refractivity contribution < 1.29 is 14.6 Å². The van der Waals surface area contributed by atoms with Crippen LogP contribution in [0.25, 0.3) is 0 Å². The van der Waals surface area contributed by atoms with Gasteiger partial charge >= 0.3 is 0 Å². The Morgan fingerprint density at radius 2 is 2.04 bits per heavy atom. The lowest BCUT2D eigenvalue weighted by molar-refractivity contribution is 0.0251. The van der Waals surface area contributed by atoms with E-state index in [2.05, 4.69) is 30.7 Å². The molecular weight excluding hydrogens is 290 g/mol. The van der Waals surface area contributed by atoms with E-state index in [4.69, 9.17) is 15.9 Å². The highest BCUT2D eigenvalue weighted by atomic mass is 16.5. The number of methoxy groups -OCH3 is 1. The molecule has 0 fully saturated rings. The van der Waals surface area contributed by atoms with Gasteiger partial charge in [0.05, 0.1) is 19.8 Å². The molecule has 0 aliphatic carbocycles. The first kappa shape index (κ1) is 19.5. The van der Waals surface area contributed by atoms with Gasteiger partial charge in [-0.1, -0.05) is 38.0 Å². The molecule has 1 aromatic carbocycles. The molecule has 0 heterocycles. The second kappa shape index (κ2) is 11.1. The van der Waals surface area contributed by atoms with Crippen molar-refractivity contribution in [2.24, 2.45) is 5.92 Å². The van der Waals surface area contributed by atoms with Crippen molar-refractivity contribution in [1.82, 2.24) is 4.90 Å². The molecular formula is C19H29NO3. The second-order valence-corrected chi connectivity index (χ2v) is 6.10. The van der Waals surface area contributed by atoms with Crippen LogP contribution in [0.5, 0.6) is 5.75 Å². The highest BCUT2D eigenvalue weighted by Gasteiger charge is 2.15. The molecule has 1 aromatic rings. The summed E-state index contributed by atoms with van der Waals surface area (Å²) in [6.45, 7) is 7.10. The minimum atomic E-state index is -0.551. The number of para-hydroxylation sites is 1. The van der Waals surface area contributed by atoms with Gasteiger partial charge in [0.2, 0.25) is 0 Å². The number of aliphatic hydroxyl groups excluding tert-OH is 1. The number of terminal acetylenes is 1. The third-order valence-electron chi connectivity index (χ3n) is 3.57. The maximum atomic E-state index is 10.1. The maximum Gasteiger partial charge on any atom is 0.123 e. The predicted molar refractivity (Wildman–Crippen MR) is 93.4 cm³/mol. The Morgan fingerprint density at radius 1 is 1.30 bits per heavy atom. The third kappa shape index (κ3) is 8.03. The summed E-state index contributed by atoms with van der Waals surface area (Å²) in [5, 5.41) is 10.1. The number of rotatable bonds is 11. The molecule has 0 amide bonds. The Morgan fingerprint density at radius 3 is 2.70 bits per heavy atom. The van der Waals surface area contributed by atoms with Crippen molar-refractivity contribution in [3.63, 3.8) is 0 Å². The number of aliphatic hydroxyl groups is 1. The molecule has 0 spiro atoms. The minimum Gasteiger partial charge on any atom is -0.496 e. The van der Waals surface area contributed by atoms with Gasteiger partial charge in [-0.25, -0.2) is 0 Å². The van der Waals surface area contributed by atoms with Gasteiger partial charge in [0.15, 0.2) is 0 Å². The maximum absolute atomic E-state index is 10.1. The highest BCUT2D eigenvalue weighted by Crippen LogP contribution is 2.20. The van der Waals surface area contributed by atoms with Crippen LogP contribution in [0, 0.1) is 18.3 Å². The zero-order chi connectivity index (χ0) is 17.1. The summed E-state index contributed by atoms with van der Waals surface area (Å²) >= 11 is 0. The van der Waals surface area contributed by atoms with Gasteiger partial charge in [-0.3, -0.25) is 4.90 Å². The van der Waals surface area contributed by atoms with Crippen LogP contribution in [-0.2, 0) is 11.3 Å². The van der Waals surface area contributed by atoms with Crippen LogP contribution in [-0.4, -0.2) is 49.5 Å². The van der Waals surface area contributed by atoms with Crippen molar-refractivity contribution in [2.45, 2.75) is 32.9 Å². The molecule has 0 unspecified atom stereocenters. The molecule has 1 rings (SSSR count). The lowest BCUT2D eigenvalue weighted by Gasteiger charge is -2.26. The fraction of sp³-hybridized carbons (Fsp3) is 0.579. The predicted octanol–water partition coefficient (Wildman–Crippen LogP) is 2.55. The Kier molecular flexibility index (Phi) is 9.39. The second-order valence-electron chi connectivity index (χ2n) is 6.10. The summed E-state index contributed by atoms with van der Waals surface area (Å²) in [7, 11) is 1.68. The van der Waals surface area contributed by atoms with E-state index < -0.39 is 6.10 Å². The minimum absolute atomic E-state index is 0.232. The Bertz CT molecular complexity index is 482. The average Bonchev–Trinajstić information content (AvgIpc) is 2.53. The van der Waals surface area contributed by atoms with Gasteiger partial charge in [-0.15, -0.1) is 6.42 Å². The van der Waals surface area contributed by atoms with E-state index in [1.807, 2.05) is 18.2 Å². The van der Waals surface area contributed by atoms with Gasteiger partial charge in [0.1, 0.15) is 12.4 Å². The molecule has 0 aliphatic heterocycles. The van der Waals surface area contributed by atoms with Crippen LogP contribution >= 0.6 is 0 Å². The molecule has 23 heavy (non-hydrogen) atoms. The number of benzene rings is 1. The van der Waals surface area contributed by atoms with Crippen molar-refractivity contribution in [2.75, 3.05) is 33.4 Å². The zero-order valence-electron chi connectivity index (χ0n) is 14.5. The van der Waals surface area contributed by atoms with Crippen molar-refractivity contribution in [3.8, 4) is 18.1 Å². The highest BCUT2D eigenvalue weighted by molar-refractivity contribution is 5.33. The molecule has 0 saturated heterocycles. The van der Waals surface area contributed by atoms with E-state index in [0.717, 1.165) is 30.8 Å². The molecule has 1 N–H and O–H groups in total. The van der Waals surface area contributed by atoms with E-state index in [1.165, 1.54) is 0 Å². The van der Waals surface area contributed by atoms with Gasteiger partial charge in [-0.2, -0.15) is 0 Å². The normalized spacial score (nSPS) is 12.4. The van der Waals surface area contributed by atoms with Crippen molar-refractivity contribution in [3.05, 3.63) is 29.8 Å². The number of ether oxygens (including phenoxy) is 2. The van der Waals surface area contributed by atoms with Gasteiger partial charge in [0, 0.05) is 18.7 Å². The number of hydrogen-bond donors (Lipinski definition) is 1. The SMILES string of the molecule is C#CCOC[C@H](O)CN(CCC(C)C)Cc1ccccc1OC. The standard InChI is InChI=1S/C19H29NO3/c1-5-12-23-15-18(21)14-20(11-10-16(2)3)13-17-8-6-7-9-19(17)22-4/h1,6-9,16,18,21H,10-15H2,2-4H3/t18-/m1/s1. The molecule has 1 atom stereocenters. The van der Waals surface area contributed by atoms with Crippen LogP contribution in [0.15, 0.2) is 24.3 Å². The van der Waals surface area contributed by atoms with Crippen LogP contribution in [0.1, 0.15) is 25.8 Å².